The average Bonchev–Trinajstić information content (AvgIpc) is 2.84. The Hall–Kier alpha value is -2.04. The maximum atomic E-state index is 12.3. The van der Waals surface area contributed by atoms with Gasteiger partial charge in [-0.15, -0.1) is 0 Å². The molecule has 4 rings (SSSR count). The van der Waals surface area contributed by atoms with Gasteiger partial charge in [-0.3, -0.25) is 4.79 Å². The Balaban J connectivity index is 1.38. The molecule has 4 nitrogen and oxygen atoms in total. The molecular weight excluding hydrogens is 434 g/mol. The fourth-order valence-corrected chi connectivity index (χ4v) is 5.37. The summed E-state index contributed by atoms with van der Waals surface area (Å²) in [5.74, 6) is 1.93. The Bertz CT molecular complexity index is 908. The highest BCUT2D eigenvalue weighted by molar-refractivity contribution is 6.30. The van der Waals surface area contributed by atoms with Gasteiger partial charge in [0.2, 0.25) is 0 Å². The molecule has 2 aromatic rings. The van der Waals surface area contributed by atoms with Gasteiger partial charge in [-0.1, -0.05) is 69.0 Å². The van der Waals surface area contributed by atoms with Crippen LogP contribution < -0.4 is 10.1 Å². The third kappa shape index (κ3) is 6.51. The summed E-state index contributed by atoms with van der Waals surface area (Å²) in [6.45, 7) is 5.27. The van der Waals surface area contributed by atoms with Crippen molar-refractivity contribution in [3.8, 4) is 5.75 Å². The predicted octanol–water partition coefficient (Wildman–Crippen LogP) is 6.69. The van der Waals surface area contributed by atoms with E-state index in [2.05, 4.69) is 37.4 Å². The van der Waals surface area contributed by atoms with Crippen LogP contribution in [0.2, 0.25) is 5.02 Å². The Morgan fingerprint density at radius 1 is 1.09 bits per heavy atom. The van der Waals surface area contributed by atoms with Gasteiger partial charge < -0.3 is 14.8 Å². The van der Waals surface area contributed by atoms with Crippen molar-refractivity contribution in [2.24, 2.45) is 11.8 Å². The zero-order valence-electron chi connectivity index (χ0n) is 19.8. The van der Waals surface area contributed by atoms with E-state index in [4.69, 9.17) is 21.1 Å². The average molecular weight is 470 g/mol. The van der Waals surface area contributed by atoms with Gasteiger partial charge in [-0.05, 0) is 66.5 Å². The molecule has 0 spiro atoms. The number of rotatable bonds is 7. The van der Waals surface area contributed by atoms with Crippen molar-refractivity contribution >= 4 is 17.5 Å². The van der Waals surface area contributed by atoms with Crippen molar-refractivity contribution in [3.63, 3.8) is 0 Å². The Morgan fingerprint density at radius 2 is 1.85 bits per heavy atom. The van der Waals surface area contributed by atoms with E-state index in [0.717, 1.165) is 35.6 Å². The molecule has 0 bridgehead atoms. The summed E-state index contributed by atoms with van der Waals surface area (Å²) in [5, 5.41) is 3.88. The van der Waals surface area contributed by atoms with E-state index in [9.17, 15) is 4.79 Å². The molecule has 1 saturated carbocycles. The fourth-order valence-electron chi connectivity index (χ4n) is 5.24. The first-order chi connectivity index (χ1) is 16.0. The van der Waals surface area contributed by atoms with Crippen LogP contribution in [0.4, 0.5) is 0 Å². The minimum Gasteiger partial charge on any atom is -0.484 e. The largest absolute Gasteiger partial charge is 0.484 e. The molecule has 1 saturated heterocycles. The molecule has 1 N–H and O–H groups in total. The number of hydrogen-bond donors (Lipinski definition) is 1. The van der Waals surface area contributed by atoms with Crippen LogP contribution in [0.25, 0.3) is 0 Å². The topological polar surface area (TPSA) is 47.6 Å². The summed E-state index contributed by atoms with van der Waals surface area (Å²) >= 11 is 6.07. The predicted molar refractivity (Wildman–Crippen MR) is 133 cm³/mol. The van der Waals surface area contributed by atoms with Crippen molar-refractivity contribution in [1.29, 1.82) is 0 Å². The van der Waals surface area contributed by atoms with Gasteiger partial charge in [-0.2, -0.15) is 0 Å². The van der Waals surface area contributed by atoms with E-state index >= 15 is 0 Å². The third-order valence-electron chi connectivity index (χ3n) is 7.15. The zero-order valence-corrected chi connectivity index (χ0v) is 20.5. The van der Waals surface area contributed by atoms with Crippen LogP contribution in [-0.4, -0.2) is 25.2 Å². The van der Waals surface area contributed by atoms with E-state index in [1.807, 2.05) is 30.3 Å². The normalized spacial score (nSPS) is 23.9. The van der Waals surface area contributed by atoms with Crippen LogP contribution in [0.5, 0.6) is 5.75 Å². The molecule has 1 amide bonds. The van der Waals surface area contributed by atoms with Crippen molar-refractivity contribution in [1.82, 2.24) is 5.32 Å². The third-order valence-corrected chi connectivity index (χ3v) is 7.40. The van der Waals surface area contributed by atoms with Gasteiger partial charge in [0.15, 0.2) is 6.61 Å². The minimum absolute atomic E-state index is 0.0214. The van der Waals surface area contributed by atoms with E-state index in [1.165, 1.54) is 24.8 Å². The highest BCUT2D eigenvalue weighted by Gasteiger charge is 2.35. The number of benzene rings is 2. The van der Waals surface area contributed by atoms with Gasteiger partial charge >= 0.3 is 0 Å². The van der Waals surface area contributed by atoms with Gasteiger partial charge in [0.1, 0.15) is 5.75 Å². The number of carbonyl (C=O) groups is 1. The molecule has 33 heavy (non-hydrogen) atoms. The standard InChI is InChI=1S/C28H36ClNO3/c1-19(2)26-16-22(20-11-13-23(29)14-12-20)17-33-28(26)21-7-6-10-25(15-21)32-18-27(31)30-24-8-4-3-5-9-24/h6-7,10-15,19,22,24,26,28H,3-5,8-9,16-18H2,1-2H3,(H,30,31)/t22-,26-,28-/m0/s1. The Labute approximate surface area is 203 Å². The molecule has 1 aliphatic carbocycles. The van der Waals surface area contributed by atoms with Crippen molar-refractivity contribution in [2.45, 2.75) is 70.4 Å². The van der Waals surface area contributed by atoms with E-state index in [0.29, 0.717) is 30.4 Å². The number of nitrogens with one attached hydrogen (secondary N) is 1. The van der Waals surface area contributed by atoms with Crippen molar-refractivity contribution < 1.29 is 14.3 Å². The van der Waals surface area contributed by atoms with E-state index in [-0.39, 0.29) is 18.6 Å². The van der Waals surface area contributed by atoms with Gasteiger partial charge in [-0.25, -0.2) is 0 Å². The summed E-state index contributed by atoms with van der Waals surface area (Å²) in [4.78, 5) is 12.3. The smallest absolute Gasteiger partial charge is 0.258 e. The number of halogens is 1. The molecule has 0 unspecified atom stereocenters. The lowest BCUT2D eigenvalue weighted by Gasteiger charge is -2.39. The monoisotopic (exact) mass is 469 g/mol. The lowest BCUT2D eigenvalue weighted by molar-refractivity contribution is -0.124. The van der Waals surface area contributed by atoms with Crippen LogP contribution >= 0.6 is 11.6 Å². The molecule has 0 radical (unpaired) electrons. The highest BCUT2D eigenvalue weighted by Crippen LogP contribution is 2.44. The number of ether oxygens (including phenoxy) is 2. The first-order valence-corrected chi connectivity index (χ1v) is 12.8. The van der Waals surface area contributed by atoms with Crippen LogP contribution in [-0.2, 0) is 9.53 Å². The summed E-state index contributed by atoms with van der Waals surface area (Å²) < 4.78 is 12.3. The van der Waals surface area contributed by atoms with Crippen LogP contribution in [0, 0.1) is 11.8 Å². The lowest BCUT2D eigenvalue weighted by atomic mass is 9.76. The molecule has 2 aliphatic rings. The van der Waals surface area contributed by atoms with Crippen LogP contribution in [0.15, 0.2) is 48.5 Å². The van der Waals surface area contributed by atoms with Crippen molar-refractivity contribution in [3.05, 3.63) is 64.7 Å². The zero-order chi connectivity index (χ0) is 23.2. The second-order valence-electron chi connectivity index (χ2n) is 9.91. The lowest BCUT2D eigenvalue weighted by Crippen LogP contribution is -2.39. The molecule has 5 heteroatoms. The quantitative estimate of drug-likeness (QED) is 0.491. The molecule has 2 fully saturated rings. The first kappa shape index (κ1) is 24.1. The first-order valence-electron chi connectivity index (χ1n) is 12.4. The summed E-state index contributed by atoms with van der Waals surface area (Å²) in [5.41, 5.74) is 2.40. The molecule has 1 aliphatic heterocycles. The second-order valence-corrected chi connectivity index (χ2v) is 10.3. The molecule has 2 aromatic carbocycles. The molecule has 1 heterocycles. The summed E-state index contributed by atoms with van der Waals surface area (Å²) in [7, 11) is 0. The Kier molecular flexibility index (Phi) is 8.32. The molecule has 0 aromatic heterocycles. The summed E-state index contributed by atoms with van der Waals surface area (Å²) in [6, 6.07) is 16.5. The summed E-state index contributed by atoms with van der Waals surface area (Å²) in [6.07, 6.45) is 6.92. The Morgan fingerprint density at radius 3 is 2.58 bits per heavy atom. The number of carbonyl (C=O) groups excluding carboxylic acids is 1. The van der Waals surface area contributed by atoms with Crippen LogP contribution in [0.3, 0.4) is 0 Å². The fraction of sp³-hybridized carbons (Fsp3) is 0.536. The molecule has 178 valence electrons. The SMILES string of the molecule is CC(C)[C@@H]1C[C@H](c2ccc(Cl)cc2)CO[C@H]1c1cccc(OCC(=O)NC2CCCCC2)c1. The number of amides is 1. The highest BCUT2D eigenvalue weighted by atomic mass is 35.5. The van der Waals surface area contributed by atoms with Gasteiger partial charge in [0.25, 0.3) is 5.91 Å². The maximum Gasteiger partial charge on any atom is 0.258 e. The van der Waals surface area contributed by atoms with Gasteiger partial charge in [0.05, 0.1) is 12.7 Å². The van der Waals surface area contributed by atoms with Crippen LogP contribution in [0.1, 0.15) is 75.5 Å². The van der Waals surface area contributed by atoms with Crippen molar-refractivity contribution in [2.75, 3.05) is 13.2 Å². The molecule has 3 atom stereocenters. The second kappa shape index (κ2) is 11.4. The maximum absolute atomic E-state index is 12.3. The molecular formula is C28H36ClNO3. The van der Waals surface area contributed by atoms with Gasteiger partial charge in [0, 0.05) is 17.0 Å². The minimum atomic E-state index is -0.0351. The van der Waals surface area contributed by atoms with E-state index in [1.54, 1.807) is 0 Å². The van der Waals surface area contributed by atoms with E-state index < -0.39 is 0 Å². The number of hydrogen-bond acceptors (Lipinski definition) is 3.